The Kier molecular flexibility index (Phi) is 5.84. The molecule has 1 rings (SSSR count). The highest BCUT2D eigenvalue weighted by Gasteiger charge is 2.24. The largest absolute Gasteiger partial charge is 0.412 e. The molecule has 0 saturated heterocycles. The first-order chi connectivity index (χ1) is 9.34. The average molecular weight is 351 g/mol. The minimum atomic E-state index is -3.86. The van der Waals surface area contributed by atoms with Crippen LogP contribution >= 0.6 is 0 Å². The molecule has 1 aromatic carbocycles. The molecule has 0 radical (unpaired) electrons. The third kappa shape index (κ3) is 4.51. The fourth-order valence-corrected chi connectivity index (χ4v) is 4.16. The second kappa shape index (κ2) is 6.42. The van der Waals surface area contributed by atoms with E-state index in [4.69, 9.17) is 11.1 Å². The molecule has 0 saturated carbocycles. The van der Waals surface area contributed by atoms with Gasteiger partial charge >= 0.3 is 0 Å². The zero-order chi connectivity index (χ0) is 16.6. The Morgan fingerprint density at radius 3 is 1.86 bits per heavy atom. The van der Waals surface area contributed by atoms with E-state index < -0.39 is 36.4 Å². The summed E-state index contributed by atoms with van der Waals surface area (Å²) >= 11 is 0. The molecule has 22 heavy (non-hydrogen) atoms. The Morgan fingerprint density at radius 1 is 1.09 bits per heavy atom. The summed E-state index contributed by atoms with van der Waals surface area (Å²) in [5, 5.41) is 9.01. The van der Waals surface area contributed by atoms with Gasteiger partial charge in [-0.05, 0) is 24.6 Å². The van der Waals surface area contributed by atoms with Gasteiger partial charge in [0.2, 0.25) is 0 Å². The van der Waals surface area contributed by atoms with E-state index >= 15 is 0 Å². The van der Waals surface area contributed by atoms with Crippen LogP contribution in [0.1, 0.15) is 15.9 Å². The monoisotopic (exact) mass is 351 g/mol. The molecule has 0 bridgehead atoms. The van der Waals surface area contributed by atoms with Gasteiger partial charge in [0.25, 0.3) is 5.91 Å². The molecule has 1 amide bonds. The third-order valence-electron chi connectivity index (χ3n) is 2.58. The fourth-order valence-electron chi connectivity index (χ4n) is 1.68. The van der Waals surface area contributed by atoms with Crippen molar-refractivity contribution in [2.45, 2.75) is 16.7 Å². The molecule has 0 aliphatic rings. The highest BCUT2D eigenvalue weighted by Crippen LogP contribution is 2.25. The predicted octanol–water partition coefficient (Wildman–Crippen LogP) is -1.40. The summed E-state index contributed by atoms with van der Waals surface area (Å²) < 4.78 is 46.9. The van der Waals surface area contributed by atoms with Crippen molar-refractivity contribution in [3.05, 3.63) is 23.3 Å². The normalized spacial score (nSPS) is 11.4. The summed E-state index contributed by atoms with van der Waals surface area (Å²) in [5.41, 5.74) is 5.22. The second-order valence-corrected chi connectivity index (χ2v) is 8.49. The van der Waals surface area contributed by atoms with Crippen LogP contribution in [0.3, 0.4) is 0 Å². The number of benzene rings is 1. The number of carbonyl (C=O) groups is 1. The van der Waals surface area contributed by atoms with Crippen LogP contribution in [0.2, 0.25) is 0 Å². The Hall–Kier alpha value is -1.98. The summed E-state index contributed by atoms with van der Waals surface area (Å²) in [7, 11) is -7.64. The molecular formula is C11H17N3O6S2. The Morgan fingerprint density at radius 2 is 1.50 bits per heavy atom. The third-order valence-corrected chi connectivity index (χ3v) is 4.99. The molecule has 0 aliphatic carbocycles. The van der Waals surface area contributed by atoms with Crippen molar-refractivity contribution < 1.29 is 27.1 Å². The molecule has 0 atom stereocenters. The number of guanidine groups is 1. The number of nitrogens with two attached hydrogens (primary N) is 1. The van der Waals surface area contributed by atoms with E-state index in [1.165, 1.54) is 6.92 Å². The lowest BCUT2D eigenvalue weighted by molar-refractivity contribution is 0.0975. The zero-order valence-electron chi connectivity index (χ0n) is 12.1. The Balaban J connectivity index is 0.00000441. The van der Waals surface area contributed by atoms with Crippen molar-refractivity contribution in [1.29, 1.82) is 5.41 Å². The van der Waals surface area contributed by atoms with Crippen LogP contribution in [0, 0.1) is 12.3 Å². The van der Waals surface area contributed by atoms with Crippen molar-refractivity contribution in [2.24, 2.45) is 5.73 Å². The molecule has 6 N–H and O–H groups in total. The van der Waals surface area contributed by atoms with Gasteiger partial charge in [0.15, 0.2) is 25.6 Å². The SMILES string of the molecule is Cc1cc(S(C)(=O)=O)c(S(C)(=O)=O)cc1C(=O)NC(=N)N.O. The number of amides is 1. The molecule has 0 heterocycles. The van der Waals surface area contributed by atoms with Gasteiger partial charge in [-0.1, -0.05) is 0 Å². The van der Waals surface area contributed by atoms with Gasteiger partial charge in [-0.15, -0.1) is 0 Å². The first-order valence-electron chi connectivity index (χ1n) is 5.54. The van der Waals surface area contributed by atoms with Crippen LogP contribution in [0.25, 0.3) is 0 Å². The number of sulfone groups is 2. The van der Waals surface area contributed by atoms with Gasteiger partial charge in [0.1, 0.15) is 0 Å². The fraction of sp³-hybridized carbons (Fsp3) is 0.273. The maximum Gasteiger partial charge on any atom is 0.258 e. The minimum Gasteiger partial charge on any atom is -0.412 e. The molecule has 0 aromatic heterocycles. The first kappa shape index (κ1) is 20.0. The summed E-state index contributed by atoms with van der Waals surface area (Å²) in [5.74, 6) is -1.39. The standard InChI is InChI=1S/C11H15N3O5S2.H2O/c1-6-4-8(20(2,16)17)9(21(3,18)19)5-7(6)10(15)14-11(12)13;/h4-5H,1-3H3,(H4,12,13,14,15);1H2. The molecule has 11 heteroatoms. The van der Waals surface area contributed by atoms with E-state index in [1.807, 2.05) is 5.32 Å². The maximum absolute atomic E-state index is 11.8. The lowest BCUT2D eigenvalue weighted by Crippen LogP contribution is -2.36. The average Bonchev–Trinajstić information content (AvgIpc) is 2.24. The van der Waals surface area contributed by atoms with Crippen molar-refractivity contribution in [3.63, 3.8) is 0 Å². The van der Waals surface area contributed by atoms with Gasteiger partial charge in [0, 0.05) is 18.1 Å². The lowest BCUT2D eigenvalue weighted by atomic mass is 10.1. The molecule has 0 aliphatic heterocycles. The number of hydrogen-bond acceptors (Lipinski definition) is 6. The Bertz CT molecular complexity index is 828. The smallest absolute Gasteiger partial charge is 0.258 e. The molecule has 1 aromatic rings. The van der Waals surface area contributed by atoms with Crippen LogP contribution in [0.15, 0.2) is 21.9 Å². The highest BCUT2D eigenvalue weighted by atomic mass is 32.2. The predicted molar refractivity (Wildman–Crippen MR) is 80.4 cm³/mol. The number of aryl methyl sites for hydroxylation is 1. The maximum atomic E-state index is 11.8. The van der Waals surface area contributed by atoms with Crippen LogP contribution < -0.4 is 11.1 Å². The highest BCUT2D eigenvalue weighted by molar-refractivity contribution is 7.93. The molecule has 0 fully saturated rings. The van der Waals surface area contributed by atoms with E-state index in [2.05, 4.69) is 0 Å². The second-order valence-electron chi connectivity index (χ2n) is 4.53. The number of carbonyl (C=O) groups excluding carboxylic acids is 1. The van der Waals surface area contributed by atoms with Crippen molar-refractivity contribution >= 4 is 31.5 Å². The molecular weight excluding hydrogens is 334 g/mol. The summed E-state index contributed by atoms with van der Waals surface area (Å²) in [6.45, 7) is 1.45. The summed E-state index contributed by atoms with van der Waals surface area (Å²) in [4.78, 5) is 11.0. The van der Waals surface area contributed by atoms with Crippen LogP contribution in [-0.2, 0) is 19.7 Å². The van der Waals surface area contributed by atoms with Crippen LogP contribution in [0.4, 0.5) is 0 Å². The van der Waals surface area contributed by atoms with E-state index in [0.29, 0.717) is 0 Å². The zero-order valence-corrected chi connectivity index (χ0v) is 13.7. The number of rotatable bonds is 3. The van der Waals surface area contributed by atoms with Gasteiger partial charge < -0.3 is 11.2 Å². The van der Waals surface area contributed by atoms with Gasteiger partial charge in [-0.2, -0.15) is 0 Å². The van der Waals surface area contributed by atoms with Gasteiger partial charge in [-0.3, -0.25) is 15.5 Å². The van der Waals surface area contributed by atoms with Gasteiger partial charge in [0.05, 0.1) is 9.79 Å². The quantitative estimate of drug-likeness (QED) is 0.445. The van der Waals surface area contributed by atoms with Gasteiger partial charge in [-0.25, -0.2) is 16.8 Å². The number of nitrogens with one attached hydrogen (secondary N) is 2. The Labute approximate surface area is 128 Å². The molecule has 0 unspecified atom stereocenters. The van der Waals surface area contributed by atoms with Crippen molar-refractivity contribution in [1.82, 2.24) is 5.32 Å². The summed E-state index contributed by atoms with van der Waals surface area (Å²) in [6, 6.07) is 2.08. The van der Waals surface area contributed by atoms with E-state index in [0.717, 1.165) is 24.6 Å². The molecule has 124 valence electrons. The molecule has 9 nitrogen and oxygen atoms in total. The summed E-state index contributed by atoms with van der Waals surface area (Å²) in [6.07, 6.45) is 1.73. The van der Waals surface area contributed by atoms with Crippen molar-refractivity contribution in [3.8, 4) is 0 Å². The van der Waals surface area contributed by atoms with Crippen molar-refractivity contribution in [2.75, 3.05) is 12.5 Å². The molecule has 0 spiro atoms. The van der Waals surface area contributed by atoms with E-state index in [9.17, 15) is 21.6 Å². The first-order valence-corrected chi connectivity index (χ1v) is 9.32. The van der Waals surface area contributed by atoms with Crippen LogP contribution in [0.5, 0.6) is 0 Å². The topological polar surface area (TPSA) is 179 Å². The lowest BCUT2D eigenvalue weighted by Gasteiger charge is -2.12. The minimum absolute atomic E-state index is 0. The number of hydrogen-bond donors (Lipinski definition) is 3. The van der Waals surface area contributed by atoms with Crippen LogP contribution in [-0.4, -0.2) is 46.7 Å². The van der Waals surface area contributed by atoms with E-state index in [-0.39, 0.29) is 21.5 Å². The van der Waals surface area contributed by atoms with E-state index in [1.54, 1.807) is 0 Å².